The number of rotatable bonds is 17. The molecule has 0 aromatic heterocycles. The van der Waals surface area contributed by atoms with Crippen molar-refractivity contribution in [3.05, 3.63) is 95.1 Å². The van der Waals surface area contributed by atoms with Gasteiger partial charge in [-0.3, -0.25) is 9.59 Å². The molecule has 7 nitrogen and oxygen atoms in total. The lowest BCUT2D eigenvalue weighted by molar-refractivity contribution is -0.141. The van der Waals surface area contributed by atoms with E-state index in [2.05, 4.69) is 22.5 Å². The summed E-state index contributed by atoms with van der Waals surface area (Å²) in [6, 6.07) is 21.5. The maximum absolute atomic E-state index is 13.8. The number of hydrogen-bond acceptors (Lipinski definition) is 5. The second-order valence-electron chi connectivity index (χ2n) is 11.5. The molecule has 3 aromatic carbocycles. The number of hydrogen-bond donors (Lipinski definition) is 2. The summed E-state index contributed by atoms with van der Waals surface area (Å²) in [5.41, 5.74) is 1.26. The zero-order chi connectivity index (χ0) is 33.7. The number of amides is 2. The van der Waals surface area contributed by atoms with E-state index in [4.69, 9.17) is 9.47 Å². The molecule has 0 spiro atoms. The molecule has 3 rings (SSSR count). The number of halogens is 3. The number of carbonyl (C=O) groups is 2. The van der Waals surface area contributed by atoms with Crippen molar-refractivity contribution < 1.29 is 32.2 Å². The lowest BCUT2D eigenvalue weighted by Crippen LogP contribution is -2.48. The molecule has 3 aromatic rings. The fourth-order valence-electron chi connectivity index (χ4n) is 5.88. The van der Waals surface area contributed by atoms with Gasteiger partial charge in [0.25, 0.3) is 5.91 Å². The summed E-state index contributed by atoms with van der Waals surface area (Å²) < 4.78 is 50.4. The number of nitrogens with zero attached hydrogens (tertiary/aromatic N) is 1. The van der Waals surface area contributed by atoms with Gasteiger partial charge in [0, 0.05) is 12.6 Å². The lowest BCUT2D eigenvalue weighted by Gasteiger charge is -2.35. The van der Waals surface area contributed by atoms with Gasteiger partial charge in [0.2, 0.25) is 5.91 Å². The van der Waals surface area contributed by atoms with Crippen LogP contribution in [-0.4, -0.2) is 69.3 Å². The molecule has 0 saturated heterocycles. The number of carbonyl (C=O) groups excluding carboxylic acids is 2. The average Bonchev–Trinajstić information content (AvgIpc) is 3.05. The van der Waals surface area contributed by atoms with Gasteiger partial charge in [0.1, 0.15) is 23.6 Å². The van der Waals surface area contributed by atoms with E-state index < -0.39 is 24.0 Å². The third-order valence-electron chi connectivity index (χ3n) is 8.34. The minimum Gasteiger partial charge on any atom is -0.496 e. The fourth-order valence-corrected chi connectivity index (χ4v) is 5.88. The number of benzene rings is 3. The summed E-state index contributed by atoms with van der Waals surface area (Å²) in [5, 5.41) is 5.24. The average molecular weight is 642 g/mol. The van der Waals surface area contributed by atoms with Crippen molar-refractivity contribution in [1.82, 2.24) is 15.5 Å². The second kappa shape index (κ2) is 17.0. The maximum Gasteiger partial charge on any atom is 0.405 e. The summed E-state index contributed by atoms with van der Waals surface area (Å²) in [5.74, 6) is -0.0665. The highest BCUT2D eigenvalue weighted by Crippen LogP contribution is 2.39. The Labute approximate surface area is 270 Å². The van der Waals surface area contributed by atoms with Gasteiger partial charge in [0.15, 0.2) is 0 Å². The van der Waals surface area contributed by atoms with Crippen LogP contribution in [-0.2, 0) is 10.2 Å². The molecule has 0 aliphatic heterocycles. The molecule has 2 atom stereocenters. The molecule has 2 N–H and O–H groups in total. The van der Waals surface area contributed by atoms with Crippen LogP contribution >= 0.6 is 0 Å². The molecule has 0 fully saturated rings. The van der Waals surface area contributed by atoms with Gasteiger partial charge in [-0.2, -0.15) is 13.2 Å². The quantitative estimate of drug-likeness (QED) is 0.161. The fraction of sp³-hybridized carbons (Fsp3) is 0.444. The van der Waals surface area contributed by atoms with Crippen molar-refractivity contribution in [2.24, 2.45) is 0 Å². The topological polar surface area (TPSA) is 79.9 Å². The highest BCUT2D eigenvalue weighted by Gasteiger charge is 2.43. The first kappa shape index (κ1) is 36.4. The highest BCUT2D eigenvalue weighted by atomic mass is 19.4. The van der Waals surface area contributed by atoms with Crippen molar-refractivity contribution in [2.75, 3.05) is 40.4 Å². The Morgan fingerprint density at radius 1 is 0.870 bits per heavy atom. The molecule has 0 aliphatic carbocycles. The van der Waals surface area contributed by atoms with E-state index in [1.807, 2.05) is 68.4 Å². The first-order valence-electron chi connectivity index (χ1n) is 15.7. The molecule has 0 heterocycles. The van der Waals surface area contributed by atoms with Gasteiger partial charge in [-0.25, -0.2) is 0 Å². The number of alkyl halides is 3. The van der Waals surface area contributed by atoms with E-state index in [1.54, 1.807) is 18.2 Å². The molecule has 46 heavy (non-hydrogen) atoms. The summed E-state index contributed by atoms with van der Waals surface area (Å²) in [4.78, 5) is 29.2. The van der Waals surface area contributed by atoms with Crippen LogP contribution in [0.15, 0.2) is 72.8 Å². The van der Waals surface area contributed by atoms with Gasteiger partial charge in [-0.05, 0) is 75.0 Å². The standard InChI is InChI=1S/C36H46F3N3O4/c1-6-42(24-21-27(3)41-33(43)32-30(45-4)19-14-20-31(32)46-5)23-13-12-22-35(28-16-8-7-9-17-28,29-18-11-10-15-26(29)2)34(44)40-25-36(37,38)39/h7-11,14-20,27H,6,12-13,21-25H2,1-5H3,(H,40,44)(H,41,43). The lowest BCUT2D eigenvalue weighted by atomic mass is 9.69. The van der Waals surface area contributed by atoms with Crippen molar-refractivity contribution in [2.45, 2.75) is 64.1 Å². The van der Waals surface area contributed by atoms with E-state index in [9.17, 15) is 22.8 Å². The van der Waals surface area contributed by atoms with Gasteiger partial charge in [0.05, 0.1) is 19.6 Å². The molecule has 2 unspecified atom stereocenters. The third kappa shape index (κ3) is 9.48. The van der Waals surface area contributed by atoms with Crippen LogP contribution in [0.5, 0.6) is 11.5 Å². The number of aryl methyl sites for hydroxylation is 1. The summed E-state index contributed by atoms with van der Waals surface area (Å²) >= 11 is 0. The van der Waals surface area contributed by atoms with Crippen LogP contribution in [0.3, 0.4) is 0 Å². The highest BCUT2D eigenvalue weighted by molar-refractivity contribution is 5.99. The normalized spacial score (nSPS) is 13.5. The number of nitrogens with one attached hydrogen (secondary N) is 2. The monoisotopic (exact) mass is 641 g/mol. The summed E-state index contributed by atoms with van der Waals surface area (Å²) in [6.45, 7) is 6.75. The molecule has 250 valence electrons. The van der Waals surface area contributed by atoms with Crippen LogP contribution in [0.4, 0.5) is 13.2 Å². The summed E-state index contributed by atoms with van der Waals surface area (Å²) in [7, 11) is 3.02. The van der Waals surface area contributed by atoms with Gasteiger partial charge in [-0.15, -0.1) is 0 Å². The molecular formula is C36H46F3N3O4. The molecule has 2 amide bonds. The van der Waals surface area contributed by atoms with Crippen LogP contribution in [0.25, 0.3) is 0 Å². The number of ether oxygens (including phenoxy) is 2. The molecule has 0 saturated carbocycles. The Hall–Kier alpha value is -4.05. The van der Waals surface area contributed by atoms with E-state index in [0.29, 0.717) is 47.5 Å². The first-order chi connectivity index (χ1) is 22.0. The predicted octanol–water partition coefficient (Wildman–Crippen LogP) is 6.68. The van der Waals surface area contributed by atoms with Crippen LogP contribution in [0.1, 0.15) is 66.6 Å². The zero-order valence-corrected chi connectivity index (χ0v) is 27.4. The third-order valence-corrected chi connectivity index (χ3v) is 8.34. The molecule has 0 bridgehead atoms. The van der Waals surface area contributed by atoms with Gasteiger partial charge >= 0.3 is 6.18 Å². The van der Waals surface area contributed by atoms with E-state index in [1.165, 1.54) is 14.2 Å². The Morgan fingerprint density at radius 2 is 1.50 bits per heavy atom. The minimum atomic E-state index is -4.53. The van der Waals surface area contributed by atoms with Crippen molar-refractivity contribution in [1.29, 1.82) is 0 Å². The second-order valence-corrected chi connectivity index (χ2v) is 11.5. The molecule has 10 heteroatoms. The van der Waals surface area contributed by atoms with Crippen LogP contribution in [0.2, 0.25) is 0 Å². The number of unbranched alkanes of at least 4 members (excludes halogenated alkanes) is 1. The Bertz CT molecular complexity index is 1390. The Morgan fingerprint density at radius 3 is 2.09 bits per heavy atom. The molecule has 0 radical (unpaired) electrons. The van der Waals surface area contributed by atoms with Crippen molar-refractivity contribution in [3.8, 4) is 11.5 Å². The van der Waals surface area contributed by atoms with Gasteiger partial charge < -0.3 is 25.0 Å². The smallest absolute Gasteiger partial charge is 0.405 e. The predicted molar refractivity (Wildman–Crippen MR) is 175 cm³/mol. The van der Waals surface area contributed by atoms with Gasteiger partial charge in [-0.1, -0.05) is 74.0 Å². The van der Waals surface area contributed by atoms with Crippen LogP contribution in [0, 0.1) is 6.92 Å². The van der Waals surface area contributed by atoms with E-state index >= 15 is 0 Å². The van der Waals surface area contributed by atoms with Crippen LogP contribution < -0.4 is 20.1 Å². The largest absolute Gasteiger partial charge is 0.496 e. The number of methoxy groups -OCH3 is 2. The first-order valence-corrected chi connectivity index (χ1v) is 15.7. The molecular weight excluding hydrogens is 595 g/mol. The Kier molecular flexibility index (Phi) is 13.5. The van der Waals surface area contributed by atoms with Crippen molar-refractivity contribution >= 4 is 11.8 Å². The molecule has 0 aliphatic rings. The van der Waals surface area contributed by atoms with E-state index in [0.717, 1.165) is 31.6 Å². The Balaban J connectivity index is 1.69. The maximum atomic E-state index is 13.8. The van der Waals surface area contributed by atoms with E-state index in [-0.39, 0.29) is 11.9 Å². The minimum absolute atomic E-state index is 0.125. The van der Waals surface area contributed by atoms with Crippen molar-refractivity contribution in [3.63, 3.8) is 0 Å². The SMILES string of the molecule is CCN(CCCCC(C(=O)NCC(F)(F)F)(c1ccccc1)c1ccccc1C)CCC(C)NC(=O)c1c(OC)cccc1OC. The summed E-state index contributed by atoms with van der Waals surface area (Å²) in [6.07, 6.45) is -2.13. The zero-order valence-electron chi connectivity index (χ0n) is 27.4.